The summed E-state index contributed by atoms with van der Waals surface area (Å²) < 4.78 is 0. The van der Waals surface area contributed by atoms with Crippen LogP contribution in [0.15, 0.2) is 6.07 Å². The number of aromatic nitrogens is 2. The maximum Gasteiger partial charge on any atom is 0.322 e. The fourth-order valence-corrected chi connectivity index (χ4v) is 2.27. The van der Waals surface area contributed by atoms with Crippen molar-refractivity contribution >= 4 is 17.6 Å². The minimum Gasteiger partial charge on any atom is -0.480 e. The van der Waals surface area contributed by atoms with Crippen LogP contribution in [0.2, 0.25) is 0 Å². The highest BCUT2D eigenvalue weighted by molar-refractivity contribution is 5.72. The molecule has 2 rings (SSSR count). The van der Waals surface area contributed by atoms with Crippen LogP contribution in [0.5, 0.6) is 0 Å². The van der Waals surface area contributed by atoms with E-state index in [0.29, 0.717) is 11.6 Å². The van der Waals surface area contributed by atoms with Crippen molar-refractivity contribution < 1.29 is 9.90 Å². The molecule has 0 aliphatic carbocycles. The van der Waals surface area contributed by atoms with E-state index < -0.39 is 5.97 Å². The zero-order chi connectivity index (χ0) is 13.7. The Morgan fingerprint density at radius 1 is 1.32 bits per heavy atom. The molecule has 6 heteroatoms. The highest BCUT2D eigenvalue weighted by Crippen LogP contribution is 2.19. The molecule has 1 fully saturated rings. The lowest BCUT2D eigenvalue weighted by atomic mass is 10.2. The predicted molar refractivity (Wildman–Crippen MR) is 73.6 cm³/mol. The average molecular weight is 264 g/mol. The molecule has 0 amide bonds. The fraction of sp³-hybridized carbons (Fsp3) is 0.615. The van der Waals surface area contributed by atoms with Gasteiger partial charge >= 0.3 is 5.97 Å². The van der Waals surface area contributed by atoms with Gasteiger partial charge in [0.25, 0.3) is 0 Å². The first kappa shape index (κ1) is 13.6. The highest BCUT2D eigenvalue weighted by Gasteiger charge is 2.13. The average Bonchev–Trinajstić information content (AvgIpc) is 2.64. The smallest absolute Gasteiger partial charge is 0.322 e. The molecule has 6 nitrogen and oxygen atoms in total. The standard InChI is InChI=1S/C13H20N4O2/c1-10-15-11(14-9-13(18)19)8-12(16-10)17-6-4-2-3-5-7-17/h8H,2-7,9H2,1H3,(H,18,19)(H,14,15,16). The molecule has 0 radical (unpaired) electrons. The summed E-state index contributed by atoms with van der Waals surface area (Å²) in [7, 11) is 0. The van der Waals surface area contributed by atoms with Crippen LogP contribution in [0, 0.1) is 6.92 Å². The van der Waals surface area contributed by atoms with Crippen molar-refractivity contribution in [2.75, 3.05) is 29.9 Å². The number of nitrogens with zero attached hydrogens (tertiary/aromatic N) is 3. The van der Waals surface area contributed by atoms with Gasteiger partial charge in [0, 0.05) is 19.2 Å². The molecule has 0 spiro atoms. The van der Waals surface area contributed by atoms with Crippen LogP contribution >= 0.6 is 0 Å². The molecule has 1 aromatic heterocycles. The molecule has 0 atom stereocenters. The minimum absolute atomic E-state index is 0.129. The summed E-state index contributed by atoms with van der Waals surface area (Å²) >= 11 is 0. The van der Waals surface area contributed by atoms with Crippen molar-refractivity contribution in [2.45, 2.75) is 32.6 Å². The first-order valence-corrected chi connectivity index (χ1v) is 6.71. The lowest BCUT2D eigenvalue weighted by Crippen LogP contribution is -2.25. The van der Waals surface area contributed by atoms with E-state index in [2.05, 4.69) is 20.2 Å². The number of hydrogen-bond acceptors (Lipinski definition) is 5. The third-order valence-corrected chi connectivity index (χ3v) is 3.18. The molecule has 1 aliphatic heterocycles. The second-order valence-corrected chi connectivity index (χ2v) is 4.81. The second-order valence-electron chi connectivity index (χ2n) is 4.81. The quantitative estimate of drug-likeness (QED) is 0.861. The third-order valence-electron chi connectivity index (χ3n) is 3.18. The molecule has 0 aromatic carbocycles. The zero-order valence-electron chi connectivity index (χ0n) is 11.2. The molecular formula is C13H20N4O2. The van der Waals surface area contributed by atoms with Crippen LogP contribution < -0.4 is 10.2 Å². The SMILES string of the molecule is Cc1nc(NCC(=O)O)cc(N2CCCCCC2)n1. The van der Waals surface area contributed by atoms with E-state index in [4.69, 9.17) is 5.11 Å². The van der Waals surface area contributed by atoms with Crippen molar-refractivity contribution in [3.8, 4) is 0 Å². The summed E-state index contributed by atoms with van der Waals surface area (Å²) in [6.45, 7) is 3.72. The topological polar surface area (TPSA) is 78.3 Å². The van der Waals surface area contributed by atoms with Gasteiger partial charge in [0.05, 0.1) is 0 Å². The van der Waals surface area contributed by atoms with Crippen molar-refractivity contribution in [1.29, 1.82) is 0 Å². The maximum atomic E-state index is 10.6. The number of carboxylic acids is 1. The van der Waals surface area contributed by atoms with E-state index in [9.17, 15) is 4.79 Å². The van der Waals surface area contributed by atoms with Crippen molar-refractivity contribution in [3.63, 3.8) is 0 Å². The Bertz CT molecular complexity index is 442. The van der Waals surface area contributed by atoms with Crippen LogP contribution in [0.1, 0.15) is 31.5 Å². The Balaban J connectivity index is 2.12. The number of aliphatic carboxylic acids is 1. The first-order chi connectivity index (χ1) is 9.15. The number of aryl methyl sites for hydroxylation is 1. The molecule has 0 unspecified atom stereocenters. The van der Waals surface area contributed by atoms with E-state index in [-0.39, 0.29) is 6.54 Å². The van der Waals surface area contributed by atoms with Gasteiger partial charge in [0.1, 0.15) is 24.0 Å². The second kappa shape index (κ2) is 6.36. The zero-order valence-corrected chi connectivity index (χ0v) is 11.2. The van der Waals surface area contributed by atoms with Gasteiger partial charge in [-0.3, -0.25) is 4.79 Å². The summed E-state index contributed by atoms with van der Waals surface area (Å²) in [4.78, 5) is 21.5. The van der Waals surface area contributed by atoms with E-state index in [1.165, 1.54) is 25.7 Å². The van der Waals surface area contributed by atoms with Crippen molar-refractivity contribution in [2.24, 2.45) is 0 Å². The van der Waals surface area contributed by atoms with E-state index >= 15 is 0 Å². The molecule has 104 valence electrons. The van der Waals surface area contributed by atoms with Gasteiger partial charge in [-0.1, -0.05) is 12.8 Å². The lowest BCUT2D eigenvalue weighted by molar-refractivity contribution is -0.134. The molecular weight excluding hydrogens is 244 g/mol. The van der Waals surface area contributed by atoms with Crippen molar-refractivity contribution in [3.05, 3.63) is 11.9 Å². The van der Waals surface area contributed by atoms with E-state index in [1.54, 1.807) is 0 Å². The number of rotatable bonds is 4. The van der Waals surface area contributed by atoms with Gasteiger partial charge in [-0.05, 0) is 19.8 Å². The summed E-state index contributed by atoms with van der Waals surface area (Å²) in [5.41, 5.74) is 0. The molecule has 2 N–H and O–H groups in total. The summed E-state index contributed by atoms with van der Waals surface area (Å²) in [6, 6.07) is 1.83. The lowest BCUT2D eigenvalue weighted by Gasteiger charge is -2.22. The fourth-order valence-electron chi connectivity index (χ4n) is 2.27. The summed E-state index contributed by atoms with van der Waals surface area (Å²) in [5.74, 6) is 1.23. The normalized spacial score (nSPS) is 15.9. The molecule has 1 aliphatic rings. The summed E-state index contributed by atoms with van der Waals surface area (Å²) in [5, 5.41) is 11.5. The largest absolute Gasteiger partial charge is 0.480 e. The summed E-state index contributed by atoms with van der Waals surface area (Å²) in [6.07, 6.45) is 4.90. The molecule has 2 heterocycles. The van der Waals surface area contributed by atoms with Crippen LogP contribution in [-0.2, 0) is 4.79 Å². The van der Waals surface area contributed by atoms with E-state index in [1.807, 2.05) is 13.0 Å². The maximum absolute atomic E-state index is 10.6. The van der Waals surface area contributed by atoms with Crippen LogP contribution in [0.3, 0.4) is 0 Å². The Morgan fingerprint density at radius 2 is 2.00 bits per heavy atom. The molecule has 19 heavy (non-hydrogen) atoms. The highest BCUT2D eigenvalue weighted by atomic mass is 16.4. The molecule has 0 saturated carbocycles. The van der Waals surface area contributed by atoms with Crippen LogP contribution in [0.25, 0.3) is 0 Å². The van der Waals surface area contributed by atoms with Gasteiger partial charge in [-0.2, -0.15) is 0 Å². The molecule has 1 saturated heterocycles. The molecule has 1 aromatic rings. The first-order valence-electron chi connectivity index (χ1n) is 6.71. The Labute approximate surface area is 112 Å². The Kier molecular flexibility index (Phi) is 4.54. The van der Waals surface area contributed by atoms with Gasteiger partial charge in [0.15, 0.2) is 0 Å². The van der Waals surface area contributed by atoms with E-state index in [0.717, 1.165) is 18.9 Å². The van der Waals surface area contributed by atoms with Gasteiger partial charge < -0.3 is 15.3 Å². The Hall–Kier alpha value is -1.85. The number of hydrogen-bond donors (Lipinski definition) is 2. The van der Waals surface area contributed by atoms with Crippen LogP contribution in [0.4, 0.5) is 11.6 Å². The molecule has 0 bridgehead atoms. The monoisotopic (exact) mass is 264 g/mol. The van der Waals surface area contributed by atoms with Crippen LogP contribution in [-0.4, -0.2) is 40.7 Å². The van der Waals surface area contributed by atoms with Gasteiger partial charge in [-0.25, -0.2) is 9.97 Å². The Morgan fingerprint density at radius 3 is 2.63 bits per heavy atom. The predicted octanol–water partition coefficient (Wildman–Crippen LogP) is 1.66. The van der Waals surface area contributed by atoms with Crippen molar-refractivity contribution in [1.82, 2.24) is 9.97 Å². The third kappa shape index (κ3) is 4.08. The number of carbonyl (C=O) groups is 1. The number of anilines is 2. The van der Waals surface area contributed by atoms with Gasteiger partial charge in [0.2, 0.25) is 0 Å². The number of nitrogens with one attached hydrogen (secondary N) is 1. The number of carboxylic acid groups (broad SMARTS) is 1. The van der Waals surface area contributed by atoms with Gasteiger partial charge in [-0.15, -0.1) is 0 Å². The minimum atomic E-state index is -0.896.